The first-order chi connectivity index (χ1) is 15.4. The van der Waals surface area contributed by atoms with Crippen LogP contribution in [0.5, 0.6) is 0 Å². The lowest BCUT2D eigenvalue weighted by Crippen LogP contribution is -2.54. The number of nitrogens with zero attached hydrogens (tertiary/aromatic N) is 2. The molecule has 1 saturated heterocycles. The zero-order valence-corrected chi connectivity index (χ0v) is 20.0. The largest absolute Gasteiger partial charge is 0.453 e. The summed E-state index contributed by atoms with van der Waals surface area (Å²) in [6.07, 6.45) is 2.47. The van der Waals surface area contributed by atoms with E-state index in [1.807, 2.05) is 30.9 Å². The highest BCUT2D eigenvalue weighted by Crippen LogP contribution is 2.50. The summed E-state index contributed by atoms with van der Waals surface area (Å²) >= 11 is 3.54. The highest BCUT2D eigenvalue weighted by molar-refractivity contribution is 9.10. The number of aromatic nitrogens is 2. The number of alkyl carbamates (subject to hydrolysis) is 1. The predicted molar refractivity (Wildman–Crippen MR) is 126 cm³/mol. The molecule has 168 valence electrons. The number of benzene rings is 2. The summed E-state index contributed by atoms with van der Waals surface area (Å²) in [6.45, 7) is 3.88. The first-order valence-corrected chi connectivity index (χ1v) is 11.9. The molecule has 8 heteroatoms. The number of likely N-dealkylation sites (tertiary alicyclic amines) is 1. The van der Waals surface area contributed by atoms with Gasteiger partial charge in [-0.1, -0.05) is 41.9 Å². The van der Waals surface area contributed by atoms with Gasteiger partial charge in [0, 0.05) is 15.9 Å². The molecule has 2 bridgehead atoms. The van der Waals surface area contributed by atoms with Crippen LogP contribution in [0.4, 0.5) is 4.79 Å². The van der Waals surface area contributed by atoms with Crippen molar-refractivity contribution < 1.29 is 14.3 Å². The zero-order valence-electron chi connectivity index (χ0n) is 18.4. The van der Waals surface area contributed by atoms with Crippen LogP contribution < -0.4 is 5.32 Å². The normalized spacial score (nSPS) is 23.3. The van der Waals surface area contributed by atoms with E-state index < -0.39 is 12.1 Å². The van der Waals surface area contributed by atoms with Gasteiger partial charge >= 0.3 is 6.09 Å². The second-order valence-corrected chi connectivity index (χ2v) is 10.1. The van der Waals surface area contributed by atoms with E-state index in [9.17, 15) is 9.59 Å². The van der Waals surface area contributed by atoms with Gasteiger partial charge in [0.2, 0.25) is 5.91 Å². The van der Waals surface area contributed by atoms with Crippen LogP contribution in [0.15, 0.2) is 34.8 Å². The van der Waals surface area contributed by atoms with Crippen LogP contribution in [0.1, 0.15) is 45.0 Å². The molecule has 2 N–H and O–H groups in total. The van der Waals surface area contributed by atoms with E-state index in [-0.39, 0.29) is 23.9 Å². The van der Waals surface area contributed by atoms with Crippen molar-refractivity contribution in [1.29, 1.82) is 0 Å². The van der Waals surface area contributed by atoms with Crippen molar-refractivity contribution in [2.45, 2.75) is 51.2 Å². The molecule has 4 atom stereocenters. The molecular formula is C24H27BrN4O3. The van der Waals surface area contributed by atoms with Crippen LogP contribution in [0.25, 0.3) is 21.8 Å². The Morgan fingerprint density at radius 1 is 1.25 bits per heavy atom. The summed E-state index contributed by atoms with van der Waals surface area (Å²) in [6, 6.07) is 9.74. The van der Waals surface area contributed by atoms with Crippen molar-refractivity contribution in [3.05, 3.63) is 40.6 Å². The number of rotatable bonds is 4. The molecule has 1 aliphatic carbocycles. The first-order valence-electron chi connectivity index (χ1n) is 11.1. The average Bonchev–Trinajstić information content (AvgIpc) is 3.50. The van der Waals surface area contributed by atoms with E-state index in [4.69, 9.17) is 9.72 Å². The average molecular weight is 499 g/mol. The molecule has 3 aromatic rings. The second kappa shape index (κ2) is 8.06. The third-order valence-electron chi connectivity index (χ3n) is 6.97. The van der Waals surface area contributed by atoms with Gasteiger partial charge in [0.25, 0.3) is 0 Å². The third-order valence-corrected chi connectivity index (χ3v) is 7.46. The van der Waals surface area contributed by atoms with Gasteiger partial charge in [0.05, 0.1) is 24.2 Å². The van der Waals surface area contributed by atoms with Gasteiger partial charge in [-0.05, 0) is 54.7 Å². The molecule has 1 saturated carbocycles. The number of carbonyl (C=O) groups excluding carboxylic acids is 2. The maximum absolute atomic E-state index is 13.7. The highest BCUT2D eigenvalue weighted by Gasteiger charge is 2.51. The molecule has 2 fully saturated rings. The van der Waals surface area contributed by atoms with Gasteiger partial charge in [0.1, 0.15) is 11.9 Å². The van der Waals surface area contributed by atoms with Crippen LogP contribution in [-0.2, 0) is 9.53 Å². The molecule has 1 aliphatic heterocycles. The van der Waals surface area contributed by atoms with Crippen molar-refractivity contribution in [1.82, 2.24) is 20.2 Å². The Morgan fingerprint density at radius 2 is 2.06 bits per heavy atom. The Hall–Kier alpha value is -2.61. The fourth-order valence-electron chi connectivity index (χ4n) is 5.46. The van der Waals surface area contributed by atoms with Crippen LogP contribution >= 0.6 is 15.9 Å². The number of piperidine rings is 1. The topological polar surface area (TPSA) is 87.3 Å². The van der Waals surface area contributed by atoms with Gasteiger partial charge in [-0.2, -0.15) is 0 Å². The van der Waals surface area contributed by atoms with E-state index in [2.05, 4.69) is 44.4 Å². The summed E-state index contributed by atoms with van der Waals surface area (Å²) in [7, 11) is 1.31. The molecular weight excluding hydrogens is 472 g/mol. The first kappa shape index (κ1) is 21.2. The highest BCUT2D eigenvalue weighted by atomic mass is 79.9. The lowest BCUT2D eigenvalue weighted by atomic mass is 9.95. The molecule has 2 amide bonds. The summed E-state index contributed by atoms with van der Waals surface area (Å²) in [5.41, 5.74) is 1.89. The van der Waals surface area contributed by atoms with E-state index >= 15 is 0 Å². The molecule has 7 nitrogen and oxygen atoms in total. The fraction of sp³-hybridized carbons (Fsp3) is 0.458. The zero-order chi connectivity index (χ0) is 22.6. The minimum atomic E-state index is -0.633. The summed E-state index contributed by atoms with van der Waals surface area (Å²) in [5, 5.41) is 4.98. The predicted octanol–water partition coefficient (Wildman–Crippen LogP) is 4.91. The van der Waals surface area contributed by atoms with Gasteiger partial charge in [0.15, 0.2) is 0 Å². The molecule has 0 radical (unpaired) electrons. The lowest BCUT2D eigenvalue weighted by Gasteiger charge is -2.37. The number of hydrogen-bond donors (Lipinski definition) is 2. The summed E-state index contributed by atoms with van der Waals surface area (Å²) < 4.78 is 5.80. The van der Waals surface area contributed by atoms with Crippen molar-refractivity contribution in [2.24, 2.45) is 11.8 Å². The summed E-state index contributed by atoms with van der Waals surface area (Å²) in [4.78, 5) is 36.0. The smallest absolute Gasteiger partial charge is 0.407 e. The SMILES string of the molecule is COC(=O)N[C@H](C(=O)N1[C@@H]2CC[C@@H](C2)[C@H]1c1nc2ccc3cc(Br)ccc3c2[nH]1)C(C)C. The Balaban J connectivity index is 1.54. The van der Waals surface area contributed by atoms with Crippen molar-refractivity contribution in [3.8, 4) is 0 Å². The number of ether oxygens (including phenoxy) is 1. The number of H-pyrrole nitrogens is 1. The number of carbonyl (C=O) groups is 2. The standard InChI is InChI=1S/C24H27BrN4O3/c1-12(2)19(28-24(31)32-3)23(30)29-16-7-4-14(11-16)21(29)22-26-18-9-5-13-10-15(25)6-8-17(13)20(18)27-22/h5-6,8-10,12,14,16,19,21H,4,7,11H2,1-3H3,(H,26,27)(H,28,31)/t14-,16+,19-,21-/m0/s1. The third kappa shape index (κ3) is 3.45. The van der Waals surface area contributed by atoms with Gasteiger partial charge < -0.3 is 19.9 Å². The molecule has 32 heavy (non-hydrogen) atoms. The van der Waals surface area contributed by atoms with E-state index in [0.29, 0.717) is 5.92 Å². The number of fused-ring (bicyclic) bond motifs is 5. The lowest BCUT2D eigenvalue weighted by molar-refractivity contribution is -0.139. The van der Waals surface area contributed by atoms with E-state index in [0.717, 1.165) is 51.4 Å². The Morgan fingerprint density at radius 3 is 2.81 bits per heavy atom. The molecule has 1 aromatic heterocycles. The molecule has 0 unspecified atom stereocenters. The maximum Gasteiger partial charge on any atom is 0.407 e. The quantitative estimate of drug-likeness (QED) is 0.534. The van der Waals surface area contributed by atoms with Gasteiger partial charge in [-0.3, -0.25) is 4.79 Å². The van der Waals surface area contributed by atoms with Crippen LogP contribution in [0, 0.1) is 11.8 Å². The number of nitrogens with one attached hydrogen (secondary N) is 2. The Bertz CT molecular complexity index is 1210. The Labute approximate surface area is 195 Å². The molecule has 2 heterocycles. The minimum Gasteiger partial charge on any atom is -0.453 e. The van der Waals surface area contributed by atoms with Crippen LogP contribution in [-0.4, -0.2) is 46.1 Å². The second-order valence-electron chi connectivity index (χ2n) is 9.22. The molecule has 2 aliphatic rings. The van der Waals surface area contributed by atoms with E-state index in [1.165, 1.54) is 7.11 Å². The molecule has 0 spiro atoms. The minimum absolute atomic E-state index is 0.0561. The maximum atomic E-state index is 13.7. The van der Waals surface area contributed by atoms with Crippen molar-refractivity contribution in [2.75, 3.05) is 7.11 Å². The van der Waals surface area contributed by atoms with Crippen LogP contribution in [0.2, 0.25) is 0 Å². The fourth-order valence-corrected chi connectivity index (χ4v) is 5.84. The summed E-state index contributed by atoms with van der Waals surface area (Å²) in [5.74, 6) is 1.09. The number of hydrogen-bond acceptors (Lipinski definition) is 4. The van der Waals surface area contributed by atoms with Gasteiger partial charge in [-0.25, -0.2) is 9.78 Å². The van der Waals surface area contributed by atoms with Crippen molar-refractivity contribution in [3.63, 3.8) is 0 Å². The number of amides is 2. The van der Waals surface area contributed by atoms with Gasteiger partial charge in [-0.15, -0.1) is 0 Å². The number of imidazole rings is 1. The molecule has 5 rings (SSSR count). The Kier molecular flexibility index (Phi) is 5.35. The van der Waals surface area contributed by atoms with Crippen LogP contribution in [0.3, 0.4) is 0 Å². The number of aromatic amines is 1. The van der Waals surface area contributed by atoms with Crippen molar-refractivity contribution >= 4 is 49.7 Å². The number of halogens is 1. The number of methoxy groups -OCH3 is 1. The monoisotopic (exact) mass is 498 g/mol. The van der Waals surface area contributed by atoms with E-state index in [1.54, 1.807) is 0 Å². The molecule has 2 aromatic carbocycles.